The van der Waals surface area contributed by atoms with E-state index in [1.807, 2.05) is 6.92 Å². The molecule has 0 spiro atoms. The van der Waals surface area contributed by atoms with Crippen molar-refractivity contribution in [1.82, 2.24) is 4.90 Å². The highest BCUT2D eigenvalue weighted by atomic mass is 19.1. The predicted octanol–water partition coefficient (Wildman–Crippen LogP) is 1.06. The average Bonchev–Trinajstić information content (AvgIpc) is 2.26. The van der Waals surface area contributed by atoms with E-state index >= 15 is 0 Å². The second kappa shape index (κ2) is 3.62. The van der Waals surface area contributed by atoms with Gasteiger partial charge in [-0.05, 0) is 24.6 Å². The number of hydrogen-bond donors (Lipinski definition) is 1. The van der Waals surface area contributed by atoms with E-state index in [-0.39, 0.29) is 17.8 Å². The van der Waals surface area contributed by atoms with Gasteiger partial charge in [-0.3, -0.25) is 4.79 Å². The first-order valence-corrected chi connectivity index (χ1v) is 4.96. The van der Waals surface area contributed by atoms with Crippen molar-refractivity contribution in [3.05, 3.63) is 35.6 Å². The third kappa shape index (κ3) is 1.51. The Morgan fingerprint density at radius 2 is 2.00 bits per heavy atom. The Morgan fingerprint density at radius 3 is 2.53 bits per heavy atom. The predicted molar refractivity (Wildman–Crippen MR) is 54.5 cm³/mol. The van der Waals surface area contributed by atoms with Crippen LogP contribution >= 0.6 is 0 Å². The third-order valence-electron chi connectivity index (χ3n) is 2.80. The molecule has 0 aromatic heterocycles. The van der Waals surface area contributed by atoms with Gasteiger partial charge in [-0.2, -0.15) is 0 Å². The molecule has 1 fully saturated rings. The number of benzene rings is 1. The molecule has 1 saturated heterocycles. The van der Waals surface area contributed by atoms with E-state index < -0.39 is 6.04 Å². The fourth-order valence-corrected chi connectivity index (χ4v) is 1.98. The number of carbonyl (C=O) groups is 1. The van der Waals surface area contributed by atoms with Crippen molar-refractivity contribution in [3.8, 4) is 0 Å². The zero-order valence-electron chi connectivity index (χ0n) is 8.48. The van der Waals surface area contributed by atoms with Gasteiger partial charge in [0.15, 0.2) is 0 Å². The summed E-state index contributed by atoms with van der Waals surface area (Å²) in [4.78, 5) is 13.1. The van der Waals surface area contributed by atoms with Gasteiger partial charge in [-0.1, -0.05) is 12.1 Å². The first-order valence-electron chi connectivity index (χ1n) is 4.96. The van der Waals surface area contributed by atoms with Gasteiger partial charge in [0, 0.05) is 6.54 Å². The van der Waals surface area contributed by atoms with Crippen LogP contribution in [0, 0.1) is 5.82 Å². The quantitative estimate of drug-likeness (QED) is 0.738. The Labute approximate surface area is 87.7 Å². The van der Waals surface area contributed by atoms with Gasteiger partial charge in [0.05, 0.1) is 6.04 Å². The molecule has 1 heterocycles. The first kappa shape index (κ1) is 10.1. The van der Waals surface area contributed by atoms with Gasteiger partial charge in [0.25, 0.3) is 0 Å². The zero-order valence-corrected chi connectivity index (χ0v) is 8.48. The molecule has 2 N–H and O–H groups in total. The summed E-state index contributed by atoms with van der Waals surface area (Å²) in [6, 6.07) is 5.56. The van der Waals surface area contributed by atoms with E-state index in [9.17, 15) is 9.18 Å². The number of carbonyl (C=O) groups excluding carboxylic acids is 1. The summed E-state index contributed by atoms with van der Waals surface area (Å²) < 4.78 is 12.7. The van der Waals surface area contributed by atoms with Crippen molar-refractivity contribution in [1.29, 1.82) is 0 Å². The molecule has 0 aliphatic carbocycles. The molecular weight excluding hydrogens is 195 g/mol. The van der Waals surface area contributed by atoms with E-state index in [2.05, 4.69) is 0 Å². The monoisotopic (exact) mass is 208 g/mol. The summed E-state index contributed by atoms with van der Waals surface area (Å²) in [7, 11) is 0. The molecule has 1 aliphatic rings. The Bertz CT molecular complexity index is 377. The molecule has 0 saturated carbocycles. The topological polar surface area (TPSA) is 46.3 Å². The maximum atomic E-state index is 12.7. The number of rotatable bonds is 2. The van der Waals surface area contributed by atoms with Crippen molar-refractivity contribution in [2.45, 2.75) is 19.0 Å². The van der Waals surface area contributed by atoms with Crippen LogP contribution in [0.5, 0.6) is 0 Å². The molecule has 4 heteroatoms. The number of nitrogens with zero attached hydrogens (tertiary/aromatic N) is 1. The Balaban J connectivity index is 2.24. The standard InChI is InChI=1S/C11H13FN2O/c1-2-14-10(9(13)11(14)15)7-3-5-8(12)6-4-7/h3-6,9-10H,2,13H2,1H3/t9-,10+/m0/s1. The molecule has 1 aromatic carbocycles. The van der Waals surface area contributed by atoms with Crippen LogP contribution in [-0.2, 0) is 4.79 Å². The summed E-state index contributed by atoms with van der Waals surface area (Å²) in [6.07, 6.45) is 0. The smallest absolute Gasteiger partial charge is 0.242 e. The molecule has 1 aromatic rings. The molecule has 1 amide bonds. The molecule has 0 radical (unpaired) electrons. The van der Waals surface area contributed by atoms with Crippen LogP contribution in [0.25, 0.3) is 0 Å². The van der Waals surface area contributed by atoms with Gasteiger partial charge < -0.3 is 10.6 Å². The zero-order chi connectivity index (χ0) is 11.0. The Hall–Kier alpha value is -1.42. The van der Waals surface area contributed by atoms with Crippen molar-refractivity contribution in [3.63, 3.8) is 0 Å². The molecule has 80 valence electrons. The summed E-state index contributed by atoms with van der Waals surface area (Å²) in [5, 5.41) is 0. The van der Waals surface area contributed by atoms with Crippen LogP contribution in [0.3, 0.4) is 0 Å². The third-order valence-corrected chi connectivity index (χ3v) is 2.80. The van der Waals surface area contributed by atoms with Gasteiger partial charge in [-0.15, -0.1) is 0 Å². The number of amides is 1. The van der Waals surface area contributed by atoms with Crippen LogP contribution in [0.1, 0.15) is 18.5 Å². The van der Waals surface area contributed by atoms with Crippen LogP contribution in [0.4, 0.5) is 4.39 Å². The number of hydrogen-bond acceptors (Lipinski definition) is 2. The maximum Gasteiger partial charge on any atom is 0.242 e. The summed E-state index contributed by atoms with van der Waals surface area (Å²) >= 11 is 0. The van der Waals surface area contributed by atoms with Gasteiger partial charge >= 0.3 is 0 Å². The van der Waals surface area contributed by atoms with E-state index in [1.54, 1.807) is 17.0 Å². The van der Waals surface area contributed by atoms with E-state index in [0.717, 1.165) is 5.56 Å². The highest BCUT2D eigenvalue weighted by molar-refractivity contribution is 5.89. The van der Waals surface area contributed by atoms with Gasteiger partial charge in [0.2, 0.25) is 5.91 Å². The number of halogens is 1. The molecule has 2 atom stereocenters. The fraction of sp³-hybridized carbons (Fsp3) is 0.364. The van der Waals surface area contributed by atoms with Gasteiger partial charge in [0.1, 0.15) is 11.9 Å². The molecular formula is C11H13FN2O. The first-order chi connectivity index (χ1) is 7.15. The number of β-lactam (4-membered cyclic amide) rings is 1. The second-order valence-electron chi connectivity index (χ2n) is 3.65. The van der Waals surface area contributed by atoms with Crippen molar-refractivity contribution < 1.29 is 9.18 Å². The minimum atomic E-state index is -0.476. The summed E-state index contributed by atoms with van der Waals surface area (Å²) in [6.45, 7) is 2.54. The minimum absolute atomic E-state index is 0.0353. The van der Waals surface area contributed by atoms with Crippen LogP contribution in [0.15, 0.2) is 24.3 Å². The van der Waals surface area contributed by atoms with Crippen molar-refractivity contribution in [2.24, 2.45) is 5.73 Å². The van der Waals surface area contributed by atoms with E-state index in [4.69, 9.17) is 5.73 Å². The Morgan fingerprint density at radius 1 is 1.40 bits per heavy atom. The highest BCUT2D eigenvalue weighted by Crippen LogP contribution is 2.32. The lowest BCUT2D eigenvalue weighted by atomic mass is 9.89. The van der Waals surface area contributed by atoms with Crippen LogP contribution in [0.2, 0.25) is 0 Å². The maximum absolute atomic E-state index is 12.7. The van der Waals surface area contributed by atoms with E-state index in [0.29, 0.717) is 6.54 Å². The molecule has 2 rings (SSSR count). The highest BCUT2D eigenvalue weighted by Gasteiger charge is 2.44. The van der Waals surface area contributed by atoms with E-state index in [1.165, 1.54) is 12.1 Å². The number of nitrogens with two attached hydrogens (primary N) is 1. The molecule has 15 heavy (non-hydrogen) atoms. The molecule has 0 bridgehead atoms. The SMILES string of the molecule is CCN1C(=O)[C@@H](N)[C@H]1c1ccc(F)cc1. The summed E-state index contributed by atoms with van der Waals surface area (Å²) in [5.74, 6) is -0.312. The number of likely N-dealkylation sites (tertiary alicyclic amines) is 1. The molecule has 1 aliphatic heterocycles. The lowest BCUT2D eigenvalue weighted by Crippen LogP contribution is -2.62. The van der Waals surface area contributed by atoms with Crippen molar-refractivity contribution >= 4 is 5.91 Å². The number of likely N-dealkylation sites (N-methyl/N-ethyl adjacent to an activating group) is 1. The Kier molecular flexibility index (Phi) is 2.44. The summed E-state index contributed by atoms with van der Waals surface area (Å²) in [5.41, 5.74) is 6.61. The largest absolute Gasteiger partial charge is 0.332 e. The van der Waals surface area contributed by atoms with Gasteiger partial charge in [-0.25, -0.2) is 4.39 Å². The fourth-order valence-electron chi connectivity index (χ4n) is 1.98. The molecule has 3 nitrogen and oxygen atoms in total. The van der Waals surface area contributed by atoms with Crippen LogP contribution in [-0.4, -0.2) is 23.4 Å². The van der Waals surface area contributed by atoms with Crippen molar-refractivity contribution in [2.75, 3.05) is 6.54 Å². The van der Waals surface area contributed by atoms with Crippen LogP contribution < -0.4 is 5.73 Å². The normalized spacial score (nSPS) is 25.3. The molecule has 0 unspecified atom stereocenters. The average molecular weight is 208 g/mol. The lowest BCUT2D eigenvalue weighted by Gasteiger charge is -2.45. The second-order valence-corrected chi connectivity index (χ2v) is 3.65. The lowest BCUT2D eigenvalue weighted by molar-refractivity contribution is -0.149. The minimum Gasteiger partial charge on any atom is -0.332 e.